The first-order valence-electron chi connectivity index (χ1n) is 9.35. The van der Waals surface area contributed by atoms with Gasteiger partial charge in [-0.15, -0.1) is 0 Å². The Kier molecular flexibility index (Phi) is 3.98. The minimum absolute atomic E-state index is 0.783. The van der Waals surface area contributed by atoms with E-state index in [1.807, 2.05) is 30.5 Å². The van der Waals surface area contributed by atoms with E-state index in [4.69, 9.17) is 0 Å². The van der Waals surface area contributed by atoms with Gasteiger partial charge in [0.1, 0.15) is 12.1 Å². The second kappa shape index (κ2) is 6.78. The highest BCUT2D eigenvalue weighted by molar-refractivity contribution is 5.98. The van der Waals surface area contributed by atoms with Gasteiger partial charge in [-0.3, -0.25) is 5.10 Å². The summed E-state index contributed by atoms with van der Waals surface area (Å²) in [5.41, 5.74) is 6.53. The fourth-order valence-corrected chi connectivity index (χ4v) is 3.47. The maximum atomic E-state index is 4.50. The van der Waals surface area contributed by atoms with E-state index in [1.165, 1.54) is 11.1 Å². The van der Waals surface area contributed by atoms with E-state index in [-0.39, 0.29) is 0 Å². The minimum Gasteiger partial charge on any atom is -0.339 e. The first-order chi connectivity index (χ1) is 13.8. The van der Waals surface area contributed by atoms with Crippen LogP contribution in [0.3, 0.4) is 0 Å². The van der Waals surface area contributed by atoms with Gasteiger partial charge in [-0.1, -0.05) is 43.3 Å². The summed E-state index contributed by atoms with van der Waals surface area (Å²) in [6.45, 7) is 2.17. The number of anilines is 2. The normalized spacial score (nSPS) is 11.2. The number of benzene rings is 3. The molecule has 5 aromatic rings. The highest BCUT2D eigenvalue weighted by Crippen LogP contribution is 2.30. The molecule has 5 heteroatoms. The van der Waals surface area contributed by atoms with Crippen LogP contribution in [-0.4, -0.2) is 20.2 Å². The lowest BCUT2D eigenvalue weighted by Gasteiger charge is -2.11. The fraction of sp³-hybridized carbons (Fsp3) is 0.0870. The summed E-state index contributed by atoms with van der Waals surface area (Å²) in [6.07, 6.45) is 4.46. The average Bonchev–Trinajstić information content (AvgIpc) is 3.24. The minimum atomic E-state index is 0.783. The first kappa shape index (κ1) is 16.4. The second-order valence-electron chi connectivity index (χ2n) is 6.77. The van der Waals surface area contributed by atoms with E-state index in [9.17, 15) is 0 Å². The van der Waals surface area contributed by atoms with E-state index in [0.717, 1.165) is 45.3 Å². The van der Waals surface area contributed by atoms with Crippen LogP contribution >= 0.6 is 0 Å². The molecule has 0 aliphatic heterocycles. The van der Waals surface area contributed by atoms with Gasteiger partial charge in [0.2, 0.25) is 0 Å². The van der Waals surface area contributed by atoms with Crippen molar-refractivity contribution in [2.45, 2.75) is 13.3 Å². The fourth-order valence-electron chi connectivity index (χ4n) is 3.47. The summed E-state index contributed by atoms with van der Waals surface area (Å²) >= 11 is 0. The molecule has 136 valence electrons. The summed E-state index contributed by atoms with van der Waals surface area (Å²) in [5.74, 6) is 0.783. The van der Waals surface area contributed by atoms with Crippen molar-refractivity contribution in [2.75, 3.05) is 5.32 Å². The van der Waals surface area contributed by atoms with Gasteiger partial charge in [0.15, 0.2) is 0 Å². The number of rotatable bonds is 4. The van der Waals surface area contributed by atoms with Gasteiger partial charge in [0, 0.05) is 10.8 Å². The number of hydrogen-bond acceptors (Lipinski definition) is 4. The zero-order chi connectivity index (χ0) is 18.9. The molecule has 0 aliphatic rings. The number of hydrogen-bond donors (Lipinski definition) is 2. The molecule has 2 heterocycles. The SMILES string of the molecule is CCc1ccc(-c2ccc3ncnc(Nc4cccc5[nH]ncc45)c3c2)cc1. The van der Waals surface area contributed by atoms with Gasteiger partial charge in [0.05, 0.1) is 22.9 Å². The number of nitrogens with zero attached hydrogens (tertiary/aromatic N) is 3. The molecule has 5 nitrogen and oxygen atoms in total. The van der Waals surface area contributed by atoms with Crippen molar-refractivity contribution in [3.8, 4) is 11.1 Å². The Labute approximate surface area is 162 Å². The molecule has 0 fully saturated rings. The molecule has 0 unspecified atom stereocenters. The molecule has 0 saturated carbocycles. The highest BCUT2D eigenvalue weighted by atomic mass is 15.1. The van der Waals surface area contributed by atoms with Gasteiger partial charge in [-0.2, -0.15) is 5.10 Å². The Morgan fingerprint density at radius 1 is 0.893 bits per heavy atom. The van der Waals surface area contributed by atoms with E-state index in [2.05, 4.69) is 68.8 Å². The van der Waals surface area contributed by atoms with Crippen LogP contribution in [0.1, 0.15) is 12.5 Å². The third kappa shape index (κ3) is 2.87. The number of fused-ring (bicyclic) bond motifs is 2. The van der Waals surface area contributed by atoms with Crippen LogP contribution in [0.15, 0.2) is 73.2 Å². The lowest BCUT2D eigenvalue weighted by atomic mass is 10.0. The summed E-state index contributed by atoms with van der Waals surface area (Å²) in [4.78, 5) is 8.93. The quantitative estimate of drug-likeness (QED) is 0.443. The van der Waals surface area contributed by atoms with Gasteiger partial charge in [0.25, 0.3) is 0 Å². The van der Waals surface area contributed by atoms with E-state index < -0.39 is 0 Å². The van der Waals surface area contributed by atoms with Crippen molar-refractivity contribution < 1.29 is 0 Å². The topological polar surface area (TPSA) is 66.5 Å². The zero-order valence-electron chi connectivity index (χ0n) is 15.5. The number of aromatic nitrogens is 4. The lowest BCUT2D eigenvalue weighted by Crippen LogP contribution is -1.96. The Morgan fingerprint density at radius 2 is 1.75 bits per heavy atom. The summed E-state index contributed by atoms with van der Waals surface area (Å²) in [6, 6.07) is 21.0. The molecule has 0 bridgehead atoms. The van der Waals surface area contributed by atoms with Crippen LogP contribution < -0.4 is 5.32 Å². The Bertz CT molecular complexity index is 1270. The standard InChI is InChI=1S/C23H19N5/c1-2-15-6-8-16(9-7-15)17-10-11-20-18(12-17)23(25-14-24-20)27-21-4-3-5-22-19(21)13-26-28-22/h3-14H,2H2,1H3,(H,26,28)(H,24,25,27). The Morgan fingerprint density at radius 3 is 2.61 bits per heavy atom. The highest BCUT2D eigenvalue weighted by Gasteiger charge is 2.09. The van der Waals surface area contributed by atoms with Crippen LogP contribution in [-0.2, 0) is 6.42 Å². The zero-order valence-corrected chi connectivity index (χ0v) is 15.5. The molecule has 0 aliphatic carbocycles. The molecule has 28 heavy (non-hydrogen) atoms. The van der Waals surface area contributed by atoms with E-state index in [1.54, 1.807) is 6.33 Å². The molecule has 0 amide bonds. The van der Waals surface area contributed by atoms with Crippen molar-refractivity contribution in [2.24, 2.45) is 0 Å². The molecule has 5 rings (SSSR count). The predicted molar refractivity (Wildman–Crippen MR) is 114 cm³/mol. The lowest BCUT2D eigenvalue weighted by molar-refractivity contribution is 1.12. The van der Waals surface area contributed by atoms with Crippen LogP contribution in [0.4, 0.5) is 11.5 Å². The van der Waals surface area contributed by atoms with E-state index >= 15 is 0 Å². The van der Waals surface area contributed by atoms with Gasteiger partial charge in [-0.05, 0) is 47.4 Å². The molecular formula is C23H19N5. The van der Waals surface area contributed by atoms with Crippen LogP contribution in [0.5, 0.6) is 0 Å². The predicted octanol–water partition coefficient (Wildman–Crippen LogP) is 5.48. The van der Waals surface area contributed by atoms with Gasteiger partial charge >= 0.3 is 0 Å². The van der Waals surface area contributed by atoms with Crippen molar-refractivity contribution in [1.82, 2.24) is 20.2 Å². The van der Waals surface area contributed by atoms with Gasteiger partial charge < -0.3 is 5.32 Å². The molecule has 0 radical (unpaired) electrons. The number of aryl methyl sites for hydroxylation is 1. The number of aromatic amines is 1. The molecular weight excluding hydrogens is 346 g/mol. The van der Waals surface area contributed by atoms with Crippen LogP contribution in [0.25, 0.3) is 32.9 Å². The first-order valence-corrected chi connectivity index (χ1v) is 9.35. The summed E-state index contributed by atoms with van der Waals surface area (Å²) in [7, 11) is 0. The van der Waals surface area contributed by atoms with Crippen molar-refractivity contribution in [3.05, 3.63) is 78.8 Å². The van der Waals surface area contributed by atoms with Gasteiger partial charge in [-0.25, -0.2) is 9.97 Å². The molecule has 3 aromatic carbocycles. The Hall–Kier alpha value is -3.73. The third-order valence-corrected chi connectivity index (χ3v) is 5.07. The maximum Gasteiger partial charge on any atom is 0.141 e. The maximum absolute atomic E-state index is 4.50. The van der Waals surface area contributed by atoms with Crippen molar-refractivity contribution in [1.29, 1.82) is 0 Å². The van der Waals surface area contributed by atoms with Crippen LogP contribution in [0, 0.1) is 0 Å². The summed E-state index contributed by atoms with van der Waals surface area (Å²) in [5, 5.41) is 12.6. The Balaban J connectivity index is 1.59. The smallest absolute Gasteiger partial charge is 0.141 e. The second-order valence-corrected chi connectivity index (χ2v) is 6.77. The molecule has 0 atom stereocenters. The van der Waals surface area contributed by atoms with E-state index in [0.29, 0.717) is 0 Å². The largest absolute Gasteiger partial charge is 0.339 e. The van der Waals surface area contributed by atoms with Crippen molar-refractivity contribution >= 4 is 33.3 Å². The molecule has 2 aromatic heterocycles. The van der Waals surface area contributed by atoms with Crippen LogP contribution in [0.2, 0.25) is 0 Å². The molecule has 0 saturated heterocycles. The molecule has 0 spiro atoms. The summed E-state index contributed by atoms with van der Waals surface area (Å²) < 4.78 is 0. The number of nitrogens with one attached hydrogen (secondary N) is 2. The molecule has 2 N–H and O–H groups in total. The average molecular weight is 365 g/mol. The monoisotopic (exact) mass is 365 g/mol. The number of H-pyrrole nitrogens is 1. The van der Waals surface area contributed by atoms with Crippen molar-refractivity contribution in [3.63, 3.8) is 0 Å². The third-order valence-electron chi connectivity index (χ3n) is 5.07.